The number of hydrogen-bond donors (Lipinski definition) is 0. The molecule has 0 amide bonds. The fourth-order valence-electron chi connectivity index (χ4n) is 1.90. The lowest BCUT2D eigenvalue weighted by Crippen LogP contribution is -2.18. The zero-order valence-electron chi connectivity index (χ0n) is 9.97. The first-order chi connectivity index (χ1) is 7.99. The molecule has 0 saturated carbocycles. The van der Waals surface area contributed by atoms with Crippen molar-refractivity contribution in [2.45, 2.75) is 31.3 Å². The Balaban J connectivity index is 2.24. The molecule has 0 aromatic heterocycles. The highest BCUT2D eigenvalue weighted by Gasteiger charge is 2.25. The average Bonchev–Trinajstić information content (AvgIpc) is 2.68. The zero-order valence-corrected chi connectivity index (χ0v) is 11.6. The largest absolute Gasteiger partial charge is 0.297 e. The van der Waals surface area contributed by atoms with Gasteiger partial charge in [0, 0.05) is 5.75 Å². The predicted molar refractivity (Wildman–Crippen MR) is 69.9 cm³/mol. The summed E-state index contributed by atoms with van der Waals surface area (Å²) >= 11 is 1.74. The molecule has 1 heterocycles. The van der Waals surface area contributed by atoms with Gasteiger partial charge in [0.25, 0.3) is 10.1 Å². The summed E-state index contributed by atoms with van der Waals surface area (Å²) in [7, 11) is -3.60. The van der Waals surface area contributed by atoms with Gasteiger partial charge in [0.2, 0.25) is 0 Å². The van der Waals surface area contributed by atoms with Crippen molar-refractivity contribution in [1.82, 2.24) is 0 Å². The molecule has 3 nitrogen and oxygen atoms in total. The molecule has 1 aromatic rings. The van der Waals surface area contributed by atoms with Gasteiger partial charge in [0.15, 0.2) is 0 Å². The summed E-state index contributed by atoms with van der Waals surface area (Å²) in [6, 6.07) is 5.29. The lowest BCUT2D eigenvalue weighted by molar-refractivity contribution is 0.236. The maximum absolute atomic E-state index is 12.1. The molecular weight excluding hydrogens is 256 g/mol. The topological polar surface area (TPSA) is 43.4 Å². The maximum Gasteiger partial charge on any atom is 0.297 e. The van der Waals surface area contributed by atoms with Gasteiger partial charge in [-0.2, -0.15) is 20.2 Å². The minimum atomic E-state index is -3.60. The van der Waals surface area contributed by atoms with Crippen LogP contribution in [0.15, 0.2) is 23.1 Å². The number of rotatable bonds is 3. The highest BCUT2D eigenvalue weighted by molar-refractivity contribution is 7.99. The fourth-order valence-corrected chi connectivity index (χ4v) is 4.39. The van der Waals surface area contributed by atoms with Crippen LogP contribution in [0.1, 0.15) is 17.5 Å². The quantitative estimate of drug-likeness (QED) is 0.793. The zero-order chi connectivity index (χ0) is 12.5. The molecule has 1 aromatic carbocycles. The van der Waals surface area contributed by atoms with E-state index in [4.69, 9.17) is 4.18 Å². The van der Waals surface area contributed by atoms with Crippen LogP contribution in [-0.4, -0.2) is 26.0 Å². The molecule has 1 atom stereocenters. The van der Waals surface area contributed by atoms with Gasteiger partial charge in [-0.05, 0) is 37.7 Å². The van der Waals surface area contributed by atoms with Gasteiger partial charge < -0.3 is 0 Å². The van der Waals surface area contributed by atoms with Crippen molar-refractivity contribution < 1.29 is 12.6 Å². The Morgan fingerprint density at radius 1 is 1.35 bits per heavy atom. The Morgan fingerprint density at radius 2 is 2.12 bits per heavy atom. The molecule has 0 radical (unpaired) electrons. The van der Waals surface area contributed by atoms with E-state index in [9.17, 15) is 8.42 Å². The van der Waals surface area contributed by atoms with Crippen molar-refractivity contribution in [3.63, 3.8) is 0 Å². The Morgan fingerprint density at radius 3 is 2.71 bits per heavy atom. The number of hydrogen-bond acceptors (Lipinski definition) is 4. The molecule has 1 fully saturated rings. The van der Waals surface area contributed by atoms with Crippen LogP contribution in [0.5, 0.6) is 0 Å². The first-order valence-corrected chi connectivity index (χ1v) is 8.13. The Hall–Kier alpha value is -0.520. The van der Waals surface area contributed by atoms with Crippen molar-refractivity contribution >= 4 is 21.9 Å². The molecule has 1 aliphatic rings. The molecular formula is C12H16O3S2. The van der Waals surface area contributed by atoms with Crippen LogP contribution in [-0.2, 0) is 14.3 Å². The SMILES string of the molecule is Cc1ccc(S(=O)(=O)OC2CCSC2)c(C)c1. The predicted octanol–water partition coefficient (Wildman–Crippen LogP) is 2.51. The molecule has 94 valence electrons. The van der Waals surface area contributed by atoms with Crippen LogP contribution < -0.4 is 0 Å². The van der Waals surface area contributed by atoms with E-state index in [-0.39, 0.29) is 6.10 Å². The van der Waals surface area contributed by atoms with E-state index in [1.54, 1.807) is 30.8 Å². The monoisotopic (exact) mass is 272 g/mol. The molecule has 0 aliphatic carbocycles. The number of thioether (sulfide) groups is 1. The molecule has 17 heavy (non-hydrogen) atoms. The fraction of sp³-hybridized carbons (Fsp3) is 0.500. The second-order valence-electron chi connectivity index (χ2n) is 4.30. The summed E-state index contributed by atoms with van der Waals surface area (Å²) in [5.41, 5.74) is 1.80. The average molecular weight is 272 g/mol. The smallest absolute Gasteiger partial charge is 0.262 e. The molecule has 0 bridgehead atoms. The van der Waals surface area contributed by atoms with E-state index in [1.807, 2.05) is 13.0 Å². The molecule has 1 aliphatic heterocycles. The van der Waals surface area contributed by atoms with E-state index in [0.717, 1.165) is 29.1 Å². The van der Waals surface area contributed by atoms with E-state index in [2.05, 4.69) is 0 Å². The lowest BCUT2D eigenvalue weighted by Gasteiger charge is -2.12. The molecule has 0 spiro atoms. The third-order valence-electron chi connectivity index (χ3n) is 2.75. The maximum atomic E-state index is 12.1. The summed E-state index contributed by atoms with van der Waals surface area (Å²) in [6.45, 7) is 3.74. The summed E-state index contributed by atoms with van der Waals surface area (Å²) in [5, 5.41) is 0. The van der Waals surface area contributed by atoms with Crippen LogP contribution in [0.2, 0.25) is 0 Å². The minimum Gasteiger partial charge on any atom is -0.262 e. The second kappa shape index (κ2) is 5.00. The van der Waals surface area contributed by atoms with Gasteiger partial charge in [0.1, 0.15) is 0 Å². The van der Waals surface area contributed by atoms with E-state index in [0.29, 0.717) is 4.90 Å². The van der Waals surface area contributed by atoms with Crippen LogP contribution in [0.25, 0.3) is 0 Å². The molecule has 1 unspecified atom stereocenters. The first kappa shape index (κ1) is 12.9. The van der Waals surface area contributed by atoms with E-state index < -0.39 is 10.1 Å². The Bertz CT molecular complexity index is 502. The van der Waals surface area contributed by atoms with Crippen molar-refractivity contribution in [3.8, 4) is 0 Å². The van der Waals surface area contributed by atoms with Crippen LogP contribution in [0.4, 0.5) is 0 Å². The minimum absolute atomic E-state index is 0.161. The standard InChI is InChI=1S/C12H16O3S2/c1-9-3-4-12(10(2)7-9)17(13,14)15-11-5-6-16-8-11/h3-4,7,11H,5-6,8H2,1-2H3. The van der Waals surface area contributed by atoms with Gasteiger partial charge >= 0.3 is 0 Å². The summed E-state index contributed by atoms with van der Waals surface area (Å²) < 4.78 is 29.4. The van der Waals surface area contributed by atoms with Gasteiger partial charge in [-0.3, -0.25) is 4.18 Å². The van der Waals surface area contributed by atoms with Crippen LogP contribution in [0, 0.1) is 13.8 Å². The van der Waals surface area contributed by atoms with Gasteiger partial charge in [-0.15, -0.1) is 0 Å². The Kier molecular flexibility index (Phi) is 3.80. The van der Waals surface area contributed by atoms with Gasteiger partial charge in [-0.1, -0.05) is 17.7 Å². The normalized spacial score (nSPS) is 20.7. The van der Waals surface area contributed by atoms with Crippen molar-refractivity contribution in [3.05, 3.63) is 29.3 Å². The third-order valence-corrected chi connectivity index (χ3v) is 5.40. The summed E-state index contributed by atoms with van der Waals surface area (Å²) in [6.07, 6.45) is 0.653. The number of aryl methyl sites for hydroxylation is 2. The molecule has 5 heteroatoms. The van der Waals surface area contributed by atoms with Crippen molar-refractivity contribution in [1.29, 1.82) is 0 Å². The molecule has 2 rings (SSSR count). The van der Waals surface area contributed by atoms with Crippen molar-refractivity contribution in [2.75, 3.05) is 11.5 Å². The third kappa shape index (κ3) is 3.03. The lowest BCUT2D eigenvalue weighted by atomic mass is 10.2. The second-order valence-corrected chi connectivity index (χ2v) is 7.00. The van der Waals surface area contributed by atoms with E-state index >= 15 is 0 Å². The molecule has 0 N–H and O–H groups in total. The van der Waals surface area contributed by atoms with Crippen LogP contribution >= 0.6 is 11.8 Å². The molecule has 1 saturated heterocycles. The van der Waals surface area contributed by atoms with Gasteiger partial charge in [-0.25, -0.2) is 0 Å². The number of benzene rings is 1. The highest BCUT2D eigenvalue weighted by atomic mass is 32.2. The first-order valence-electron chi connectivity index (χ1n) is 5.57. The Labute approximate surface area is 107 Å². The van der Waals surface area contributed by atoms with E-state index in [1.165, 1.54) is 0 Å². The summed E-state index contributed by atoms with van der Waals surface area (Å²) in [4.78, 5) is 0.292. The van der Waals surface area contributed by atoms with Gasteiger partial charge in [0.05, 0.1) is 11.0 Å². The highest BCUT2D eigenvalue weighted by Crippen LogP contribution is 2.26. The van der Waals surface area contributed by atoms with Crippen LogP contribution in [0.3, 0.4) is 0 Å². The summed E-state index contributed by atoms with van der Waals surface area (Å²) in [5.74, 6) is 1.75. The van der Waals surface area contributed by atoms with Crippen molar-refractivity contribution in [2.24, 2.45) is 0 Å².